The van der Waals surface area contributed by atoms with Gasteiger partial charge >= 0.3 is 10.2 Å². The number of anilines is 1. The van der Waals surface area contributed by atoms with Gasteiger partial charge in [-0.2, -0.15) is 0 Å². The smallest absolute Gasteiger partial charge is 0.393 e. The fraction of sp³-hybridized carbons (Fsp3) is 0. The average molecular weight is 257 g/mol. The van der Waals surface area contributed by atoms with Crippen LogP contribution in [0.5, 0.6) is 0 Å². The molecule has 2 rings (SSSR count). The molecule has 1 aromatic heterocycles. The number of benzene rings is 1. The number of H-pyrrole nitrogens is 1. The van der Waals surface area contributed by atoms with Gasteiger partial charge in [0.1, 0.15) is 5.69 Å². The third-order valence-corrected chi connectivity index (χ3v) is 2.45. The molecule has 0 saturated carbocycles. The number of aromatic nitrogens is 2. The average Bonchev–Trinajstić information content (AvgIpc) is 2.49. The minimum Gasteiger partial charge on any atom is -0.393 e. The molecule has 2 aromatic rings. The molecule has 72 valence electrons. The van der Waals surface area contributed by atoms with Crippen molar-refractivity contribution in [3.05, 3.63) is 39.3 Å². The summed E-state index contributed by atoms with van der Waals surface area (Å²) in [6.07, 6.45) is 0. The van der Waals surface area contributed by atoms with Crippen LogP contribution in [0.4, 0.5) is 5.69 Å². The molecule has 0 aliphatic heterocycles. The zero-order valence-corrected chi connectivity index (χ0v) is 8.61. The van der Waals surface area contributed by atoms with E-state index in [-0.39, 0.29) is 4.60 Å². The van der Waals surface area contributed by atoms with E-state index in [0.717, 1.165) is 0 Å². The molecule has 1 aromatic carbocycles. The summed E-state index contributed by atoms with van der Waals surface area (Å²) in [5.41, 5.74) is 6.46. The minimum atomic E-state index is -0.478. The summed E-state index contributed by atoms with van der Waals surface area (Å²) in [6, 6.07) is 7.13. The first-order valence-corrected chi connectivity index (χ1v) is 4.63. The number of nitrogen functional groups attached to an aromatic ring is 1. The molecule has 0 amide bonds. The van der Waals surface area contributed by atoms with Gasteiger partial charge in [-0.1, -0.05) is 12.1 Å². The molecular formula is C8H7BrN3O2+. The standard InChI is InChI=1S/C8H6BrN3O2/c9-7-8(13)14-11-12(7)6-4-2-1-3-5(6)10/h1-4H,(H2-,10,11,13)/p+1. The monoisotopic (exact) mass is 256 g/mol. The molecule has 6 heteroatoms. The fourth-order valence-corrected chi connectivity index (χ4v) is 1.45. The van der Waals surface area contributed by atoms with Crippen molar-refractivity contribution in [1.29, 1.82) is 0 Å². The number of aromatic amines is 1. The van der Waals surface area contributed by atoms with Crippen molar-refractivity contribution < 1.29 is 9.20 Å². The van der Waals surface area contributed by atoms with Gasteiger partial charge in [-0.3, -0.25) is 4.52 Å². The summed E-state index contributed by atoms with van der Waals surface area (Å²) in [5.74, 6) is 0. The van der Waals surface area contributed by atoms with Gasteiger partial charge < -0.3 is 5.73 Å². The second kappa shape index (κ2) is 3.30. The predicted molar refractivity (Wildman–Crippen MR) is 53.0 cm³/mol. The number of hydrogen-bond acceptors (Lipinski definition) is 3. The maximum absolute atomic E-state index is 11.0. The van der Waals surface area contributed by atoms with Crippen LogP contribution >= 0.6 is 15.9 Å². The van der Waals surface area contributed by atoms with Gasteiger partial charge in [0, 0.05) is 22.0 Å². The fourth-order valence-electron chi connectivity index (χ4n) is 1.11. The lowest BCUT2D eigenvalue weighted by atomic mass is 10.3. The van der Waals surface area contributed by atoms with Crippen molar-refractivity contribution in [2.24, 2.45) is 0 Å². The Morgan fingerprint density at radius 3 is 2.71 bits per heavy atom. The van der Waals surface area contributed by atoms with Crippen molar-refractivity contribution in [2.45, 2.75) is 0 Å². The molecule has 0 aliphatic rings. The van der Waals surface area contributed by atoms with Gasteiger partial charge in [-0.25, -0.2) is 4.79 Å². The Kier molecular flexibility index (Phi) is 2.12. The zero-order chi connectivity index (χ0) is 10.1. The Balaban J connectivity index is 2.66. The normalized spacial score (nSPS) is 10.4. The van der Waals surface area contributed by atoms with Crippen LogP contribution in [0.2, 0.25) is 0 Å². The Hall–Kier alpha value is -1.56. The van der Waals surface area contributed by atoms with E-state index >= 15 is 0 Å². The van der Waals surface area contributed by atoms with Gasteiger partial charge in [0.2, 0.25) is 0 Å². The van der Waals surface area contributed by atoms with Crippen LogP contribution in [-0.4, -0.2) is 5.27 Å². The van der Waals surface area contributed by atoms with Crippen LogP contribution in [0.25, 0.3) is 5.69 Å². The molecule has 0 bridgehead atoms. The zero-order valence-electron chi connectivity index (χ0n) is 7.03. The lowest BCUT2D eigenvalue weighted by molar-refractivity contribution is -0.679. The first kappa shape index (κ1) is 9.01. The van der Waals surface area contributed by atoms with E-state index in [9.17, 15) is 4.79 Å². The molecule has 1 heterocycles. The van der Waals surface area contributed by atoms with Crippen molar-refractivity contribution in [3.8, 4) is 5.69 Å². The summed E-state index contributed by atoms with van der Waals surface area (Å²) in [5, 5.41) is 2.43. The third kappa shape index (κ3) is 1.33. The second-order valence-corrected chi connectivity index (χ2v) is 3.42. The maximum atomic E-state index is 11.0. The van der Waals surface area contributed by atoms with E-state index in [2.05, 4.69) is 25.7 Å². The van der Waals surface area contributed by atoms with Crippen molar-refractivity contribution in [2.75, 3.05) is 5.73 Å². The summed E-state index contributed by atoms with van der Waals surface area (Å²) in [4.78, 5) is 11.0. The number of halogens is 1. The molecule has 0 atom stereocenters. The van der Waals surface area contributed by atoms with Crippen LogP contribution in [0, 0.1) is 0 Å². The number of nitrogens with two attached hydrogens (primary N) is 1. The minimum absolute atomic E-state index is 0.274. The molecule has 0 unspecified atom stereocenters. The lowest BCUT2D eigenvalue weighted by Gasteiger charge is -1.93. The van der Waals surface area contributed by atoms with Crippen LogP contribution in [0.1, 0.15) is 0 Å². The topological polar surface area (TPSA) is 75.9 Å². The van der Waals surface area contributed by atoms with Crippen LogP contribution < -0.4 is 16.0 Å². The summed E-state index contributed by atoms with van der Waals surface area (Å²) >= 11 is 3.09. The highest BCUT2D eigenvalue weighted by molar-refractivity contribution is 9.10. The predicted octanol–water partition coefficient (Wildman–Crippen LogP) is 0.589. The van der Waals surface area contributed by atoms with Crippen molar-refractivity contribution in [3.63, 3.8) is 0 Å². The third-order valence-electron chi connectivity index (χ3n) is 1.77. The van der Waals surface area contributed by atoms with Gasteiger partial charge in [0.15, 0.2) is 0 Å². The van der Waals surface area contributed by atoms with Gasteiger partial charge in [-0.15, -0.1) is 0 Å². The SMILES string of the molecule is Nc1ccccc1-[n+]1[nH]oc(=O)c1Br. The summed E-state index contributed by atoms with van der Waals surface area (Å²) < 4.78 is 6.29. The molecule has 0 saturated heterocycles. The molecule has 3 N–H and O–H groups in total. The quantitative estimate of drug-likeness (QED) is 0.579. The number of hydrogen-bond donors (Lipinski definition) is 2. The lowest BCUT2D eigenvalue weighted by Crippen LogP contribution is -2.35. The highest BCUT2D eigenvalue weighted by Gasteiger charge is 2.21. The Bertz CT molecular complexity index is 517. The first-order chi connectivity index (χ1) is 6.70. The van der Waals surface area contributed by atoms with Crippen molar-refractivity contribution in [1.82, 2.24) is 5.27 Å². The highest BCUT2D eigenvalue weighted by atomic mass is 79.9. The number of para-hydroxylation sites is 2. The number of nitrogens with zero attached hydrogens (tertiary/aromatic N) is 1. The van der Waals surface area contributed by atoms with Gasteiger partial charge in [0.05, 0.1) is 0 Å². The molecule has 14 heavy (non-hydrogen) atoms. The van der Waals surface area contributed by atoms with E-state index in [1.807, 2.05) is 12.1 Å². The van der Waals surface area contributed by atoms with Gasteiger partial charge in [0.25, 0.3) is 5.69 Å². The van der Waals surface area contributed by atoms with E-state index in [1.165, 1.54) is 4.68 Å². The molecule has 0 radical (unpaired) electrons. The van der Waals surface area contributed by atoms with E-state index in [1.54, 1.807) is 12.1 Å². The molecule has 0 spiro atoms. The first-order valence-electron chi connectivity index (χ1n) is 3.84. The van der Waals surface area contributed by atoms with E-state index in [0.29, 0.717) is 11.4 Å². The van der Waals surface area contributed by atoms with Gasteiger partial charge in [-0.05, 0) is 16.0 Å². The largest absolute Gasteiger partial charge is 0.442 e. The van der Waals surface area contributed by atoms with Crippen molar-refractivity contribution >= 4 is 21.6 Å². The highest BCUT2D eigenvalue weighted by Crippen LogP contribution is 2.10. The molecule has 0 fully saturated rings. The molecule has 0 aliphatic carbocycles. The second-order valence-electron chi connectivity index (χ2n) is 2.67. The molecule has 5 nitrogen and oxygen atoms in total. The summed E-state index contributed by atoms with van der Waals surface area (Å²) in [6.45, 7) is 0. The molecular weight excluding hydrogens is 250 g/mol. The summed E-state index contributed by atoms with van der Waals surface area (Å²) in [7, 11) is 0. The van der Waals surface area contributed by atoms with Crippen LogP contribution in [0.3, 0.4) is 0 Å². The Morgan fingerprint density at radius 2 is 2.14 bits per heavy atom. The maximum Gasteiger partial charge on any atom is 0.442 e. The Morgan fingerprint density at radius 1 is 1.43 bits per heavy atom. The van der Waals surface area contributed by atoms with Crippen LogP contribution in [0.15, 0.2) is 38.2 Å². The van der Waals surface area contributed by atoms with Crippen LogP contribution in [-0.2, 0) is 0 Å². The number of rotatable bonds is 1. The number of nitrogens with one attached hydrogen (secondary N) is 1. The van der Waals surface area contributed by atoms with E-state index < -0.39 is 5.63 Å². The van der Waals surface area contributed by atoms with E-state index in [4.69, 9.17) is 5.73 Å². The Labute approximate surface area is 87.2 Å².